The highest BCUT2D eigenvalue weighted by molar-refractivity contribution is 5.59. The van der Waals surface area contributed by atoms with Crippen LogP contribution >= 0.6 is 0 Å². The fourth-order valence-corrected chi connectivity index (χ4v) is 3.61. The van der Waals surface area contributed by atoms with Crippen LogP contribution in [0.2, 0.25) is 0 Å². The van der Waals surface area contributed by atoms with Gasteiger partial charge in [0.25, 0.3) is 0 Å². The molecule has 3 aromatic rings. The minimum absolute atomic E-state index is 1.07. The molecule has 2 aromatic carbocycles. The Labute approximate surface area is 170 Å². The molecule has 0 atom stereocenters. The van der Waals surface area contributed by atoms with Crippen molar-refractivity contribution in [1.82, 2.24) is 4.98 Å². The summed E-state index contributed by atoms with van der Waals surface area (Å²) in [7, 11) is 0. The van der Waals surface area contributed by atoms with Crippen molar-refractivity contribution < 1.29 is 0 Å². The van der Waals surface area contributed by atoms with Crippen LogP contribution in [0.4, 0.5) is 0 Å². The Bertz CT molecular complexity index is 814. The van der Waals surface area contributed by atoms with E-state index in [0.29, 0.717) is 0 Å². The number of nitrogens with zero attached hydrogens (tertiary/aromatic N) is 1. The zero-order chi connectivity index (χ0) is 19.6. The van der Waals surface area contributed by atoms with E-state index in [1.54, 1.807) is 0 Å². The monoisotopic (exact) mass is 371 g/mol. The van der Waals surface area contributed by atoms with Crippen molar-refractivity contribution in [3.05, 3.63) is 89.1 Å². The van der Waals surface area contributed by atoms with Crippen LogP contribution in [0, 0.1) is 0 Å². The van der Waals surface area contributed by atoms with Gasteiger partial charge >= 0.3 is 0 Å². The van der Waals surface area contributed by atoms with Crippen LogP contribution < -0.4 is 0 Å². The highest BCUT2D eigenvalue weighted by Gasteiger charge is 2.02. The average molecular weight is 372 g/mol. The van der Waals surface area contributed by atoms with Crippen molar-refractivity contribution in [3.8, 4) is 11.3 Å². The fourth-order valence-electron chi connectivity index (χ4n) is 3.61. The van der Waals surface area contributed by atoms with Gasteiger partial charge in [0.15, 0.2) is 0 Å². The lowest BCUT2D eigenvalue weighted by atomic mass is 10.0. The lowest BCUT2D eigenvalue weighted by Gasteiger charge is -2.07. The summed E-state index contributed by atoms with van der Waals surface area (Å²) in [6.45, 7) is 4.48. The molecular weight excluding hydrogens is 338 g/mol. The van der Waals surface area contributed by atoms with E-state index in [1.807, 2.05) is 6.20 Å². The van der Waals surface area contributed by atoms with Crippen LogP contribution in [0.5, 0.6) is 0 Å². The maximum Gasteiger partial charge on any atom is 0.0702 e. The molecule has 0 amide bonds. The van der Waals surface area contributed by atoms with Gasteiger partial charge in [-0.2, -0.15) is 0 Å². The fraction of sp³-hybridized carbons (Fsp3) is 0.370. The number of pyridine rings is 1. The highest BCUT2D eigenvalue weighted by Crippen LogP contribution is 2.19. The Kier molecular flexibility index (Phi) is 7.84. The van der Waals surface area contributed by atoms with Crippen LogP contribution in [-0.2, 0) is 25.7 Å². The topological polar surface area (TPSA) is 12.9 Å². The Morgan fingerprint density at radius 2 is 1.11 bits per heavy atom. The van der Waals surface area contributed by atoms with E-state index in [9.17, 15) is 0 Å². The van der Waals surface area contributed by atoms with Gasteiger partial charge < -0.3 is 0 Å². The molecule has 28 heavy (non-hydrogen) atoms. The van der Waals surface area contributed by atoms with Gasteiger partial charge in [-0.15, -0.1) is 0 Å². The smallest absolute Gasteiger partial charge is 0.0702 e. The molecule has 0 aliphatic rings. The molecular formula is C27H33N. The summed E-state index contributed by atoms with van der Waals surface area (Å²) in [4.78, 5) is 4.67. The number of benzene rings is 2. The Morgan fingerprint density at radius 1 is 0.536 bits per heavy atom. The normalized spacial score (nSPS) is 10.9. The van der Waals surface area contributed by atoms with E-state index in [1.165, 1.54) is 59.9 Å². The molecule has 0 aliphatic carbocycles. The molecule has 1 nitrogen and oxygen atoms in total. The van der Waals surface area contributed by atoms with E-state index in [2.05, 4.69) is 79.5 Å². The van der Waals surface area contributed by atoms with Crippen LogP contribution in [0.15, 0.2) is 66.9 Å². The molecule has 1 heterocycles. The van der Waals surface area contributed by atoms with Gasteiger partial charge in [-0.05, 0) is 60.4 Å². The molecule has 0 N–H and O–H groups in total. The molecule has 0 saturated heterocycles. The first kappa shape index (κ1) is 20.3. The van der Waals surface area contributed by atoms with Crippen molar-refractivity contribution in [1.29, 1.82) is 0 Å². The summed E-state index contributed by atoms with van der Waals surface area (Å²) >= 11 is 0. The van der Waals surface area contributed by atoms with Gasteiger partial charge in [-0.3, -0.25) is 4.98 Å². The maximum atomic E-state index is 4.67. The minimum Gasteiger partial charge on any atom is -0.256 e. The van der Waals surface area contributed by atoms with Crippen molar-refractivity contribution >= 4 is 0 Å². The molecule has 1 heteroatoms. The number of hydrogen-bond acceptors (Lipinski definition) is 1. The van der Waals surface area contributed by atoms with Crippen molar-refractivity contribution in [2.24, 2.45) is 0 Å². The average Bonchev–Trinajstić information content (AvgIpc) is 2.75. The number of aryl methyl sites for hydroxylation is 4. The van der Waals surface area contributed by atoms with Gasteiger partial charge in [0.05, 0.1) is 5.69 Å². The SMILES string of the molecule is CCCCCc1ccc(-c2ccc(CCc3ccc(CCC)cc3)cc2)nc1. The van der Waals surface area contributed by atoms with E-state index in [0.717, 1.165) is 25.0 Å². The second-order valence-corrected chi connectivity index (χ2v) is 7.77. The van der Waals surface area contributed by atoms with Gasteiger partial charge in [0.1, 0.15) is 0 Å². The van der Waals surface area contributed by atoms with Gasteiger partial charge in [0, 0.05) is 11.8 Å². The van der Waals surface area contributed by atoms with Crippen LogP contribution in [0.1, 0.15) is 61.8 Å². The van der Waals surface area contributed by atoms with Crippen molar-refractivity contribution in [3.63, 3.8) is 0 Å². The lowest BCUT2D eigenvalue weighted by molar-refractivity contribution is 0.716. The lowest BCUT2D eigenvalue weighted by Crippen LogP contribution is -1.93. The molecule has 0 radical (unpaired) electrons. The van der Waals surface area contributed by atoms with E-state index in [-0.39, 0.29) is 0 Å². The zero-order valence-corrected chi connectivity index (χ0v) is 17.5. The van der Waals surface area contributed by atoms with Gasteiger partial charge in [-0.25, -0.2) is 0 Å². The summed E-state index contributed by atoms with van der Waals surface area (Å²) in [5.41, 5.74) is 7.87. The minimum atomic E-state index is 1.07. The number of unbranched alkanes of at least 4 members (excludes halogenated alkanes) is 2. The van der Waals surface area contributed by atoms with Crippen LogP contribution in [-0.4, -0.2) is 4.98 Å². The van der Waals surface area contributed by atoms with Crippen molar-refractivity contribution in [2.75, 3.05) is 0 Å². The third-order valence-corrected chi connectivity index (χ3v) is 5.41. The first-order chi connectivity index (χ1) is 13.8. The largest absolute Gasteiger partial charge is 0.256 e. The number of hydrogen-bond donors (Lipinski definition) is 0. The van der Waals surface area contributed by atoms with E-state index in [4.69, 9.17) is 0 Å². The summed E-state index contributed by atoms with van der Waals surface area (Å²) in [5.74, 6) is 0. The Morgan fingerprint density at radius 3 is 1.64 bits per heavy atom. The van der Waals surface area contributed by atoms with Crippen LogP contribution in [0.3, 0.4) is 0 Å². The summed E-state index contributed by atoms with van der Waals surface area (Å²) in [6, 6.07) is 22.4. The van der Waals surface area contributed by atoms with Gasteiger partial charge in [-0.1, -0.05) is 87.7 Å². The zero-order valence-electron chi connectivity index (χ0n) is 17.5. The third kappa shape index (κ3) is 6.05. The molecule has 146 valence electrons. The number of rotatable bonds is 10. The summed E-state index contributed by atoms with van der Waals surface area (Å²) < 4.78 is 0. The molecule has 1 aromatic heterocycles. The number of aromatic nitrogens is 1. The van der Waals surface area contributed by atoms with Gasteiger partial charge in [0.2, 0.25) is 0 Å². The first-order valence-corrected chi connectivity index (χ1v) is 10.9. The summed E-state index contributed by atoms with van der Waals surface area (Å²) in [6.07, 6.45) is 11.6. The van der Waals surface area contributed by atoms with Crippen molar-refractivity contribution in [2.45, 2.75) is 65.2 Å². The molecule has 3 rings (SSSR count). The highest BCUT2D eigenvalue weighted by atomic mass is 14.7. The second kappa shape index (κ2) is 10.8. The summed E-state index contributed by atoms with van der Waals surface area (Å²) in [5, 5.41) is 0. The Balaban J connectivity index is 1.54. The standard InChI is InChI=1S/C27H33N/c1-3-5-6-8-25-17-20-27(28-21-25)26-18-15-24(16-19-26)14-13-23-11-9-22(7-4-2)10-12-23/h9-12,15-21H,3-8,13-14H2,1-2H3. The molecule has 0 saturated carbocycles. The third-order valence-electron chi connectivity index (χ3n) is 5.41. The predicted molar refractivity (Wildman–Crippen MR) is 121 cm³/mol. The van der Waals surface area contributed by atoms with E-state index < -0.39 is 0 Å². The first-order valence-electron chi connectivity index (χ1n) is 10.9. The van der Waals surface area contributed by atoms with E-state index >= 15 is 0 Å². The molecule has 0 unspecified atom stereocenters. The molecule has 0 aliphatic heterocycles. The molecule has 0 bridgehead atoms. The maximum absolute atomic E-state index is 4.67. The Hall–Kier alpha value is -2.41. The second-order valence-electron chi connectivity index (χ2n) is 7.77. The quantitative estimate of drug-likeness (QED) is 0.343. The van der Waals surface area contributed by atoms with Crippen LogP contribution in [0.25, 0.3) is 11.3 Å². The molecule has 0 fully saturated rings. The predicted octanol–water partition coefficient (Wildman–Crippen LogP) is 7.22. The molecule has 0 spiro atoms.